The van der Waals surface area contributed by atoms with Gasteiger partial charge in [0.15, 0.2) is 20.6 Å². The van der Waals surface area contributed by atoms with Crippen molar-refractivity contribution in [3.63, 3.8) is 0 Å². The molecule has 0 spiro atoms. The van der Waals surface area contributed by atoms with Gasteiger partial charge in [0.1, 0.15) is 23.3 Å². The van der Waals surface area contributed by atoms with Crippen molar-refractivity contribution in [2.45, 2.75) is 5.03 Å². The fraction of sp³-hybridized carbons (Fsp3) is 0.0526. The van der Waals surface area contributed by atoms with E-state index in [1.54, 1.807) is 24.3 Å². The average Bonchev–Trinajstić information content (AvgIpc) is 2.66. The topological polar surface area (TPSA) is 141 Å². The Hall–Kier alpha value is -3.77. The molecule has 0 amide bonds. The van der Waals surface area contributed by atoms with Crippen LogP contribution in [0.5, 0.6) is 23.0 Å². The van der Waals surface area contributed by atoms with Crippen LogP contribution in [0.2, 0.25) is 0 Å². The maximum absolute atomic E-state index is 11.5. The molecule has 142 valence electrons. The van der Waals surface area contributed by atoms with Crippen molar-refractivity contribution in [1.29, 1.82) is 5.26 Å². The van der Waals surface area contributed by atoms with E-state index in [9.17, 15) is 13.7 Å². The van der Waals surface area contributed by atoms with Gasteiger partial charge in [-0.05, 0) is 24.3 Å². The summed E-state index contributed by atoms with van der Waals surface area (Å²) in [4.78, 5) is 3.86. The maximum Gasteiger partial charge on any atom is 0.192 e. The number of pyridine rings is 1. The van der Waals surface area contributed by atoms with Crippen molar-refractivity contribution < 1.29 is 17.9 Å². The van der Waals surface area contributed by atoms with Gasteiger partial charge in [-0.1, -0.05) is 12.1 Å². The lowest BCUT2D eigenvalue weighted by Crippen LogP contribution is -2.01. The minimum absolute atomic E-state index is 0.0613. The quantitative estimate of drug-likeness (QED) is 0.627. The molecular weight excluding hydrogens is 380 g/mol. The summed E-state index contributed by atoms with van der Waals surface area (Å²) in [6.07, 6.45) is 2.35. The first-order chi connectivity index (χ1) is 13.3. The highest BCUT2D eigenvalue weighted by Gasteiger charge is 2.13. The number of anilines is 2. The second kappa shape index (κ2) is 7.46. The third-order valence-corrected chi connectivity index (χ3v) is 4.70. The van der Waals surface area contributed by atoms with Crippen LogP contribution in [0.3, 0.4) is 0 Å². The van der Waals surface area contributed by atoms with E-state index in [1.165, 1.54) is 30.5 Å². The first-order valence-corrected chi connectivity index (χ1v) is 9.87. The predicted octanol–water partition coefficient (Wildman–Crippen LogP) is 3.11. The normalized spacial score (nSPS) is 10.9. The molecule has 0 aliphatic rings. The number of aromatic nitrogens is 1. The second-order valence-electron chi connectivity index (χ2n) is 5.84. The number of benzene rings is 2. The Morgan fingerprint density at radius 2 is 1.75 bits per heavy atom. The Labute approximate surface area is 161 Å². The summed E-state index contributed by atoms with van der Waals surface area (Å²) in [7, 11) is -3.40. The molecule has 1 heterocycles. The number of nitrogen functional groups attached to an aromatic ring is 2. The summed E-state index contributed by atoms with van der Waals surface area (Å²) in [6.45, 7) is 0. The molecule has 1 aromatic heterocycles. The van der Waals surface area contributed by atoms with E-state index >= 15 is 0 Å². The predicted molar refractivity (Wildman–Crippen MR) is 104 cm³/mol. The van der Waals surface area contributed by atoms with Crippen molar-refractivity contribution in [1.82, 2.24) is 4.98 Å². The lowest BCUT2D eigenvalue weighted by atomic mass is 10.2. The number of rotatable bonds is 5. The number of nitrogens with two attached hydrogens (primary N) is 2. The highest BCUT2D eigenvalue weighted by atomic mass is 32.2. The van der Waals surface area contributed by atoms with Crippen molar-refractivity contribution >= 4 is 21.2 Å². The Bertz CT molecular complexity index is 1170. The minimum atomic E-state index is -3.40. The summed E-state index contributed by atoms with van der Waals surface area (Å²) in [6, 6.07) is 14.6. The number of hydrogen-bond acceptors (Lipinski definition) is 8. The van der Waals surface area contributed by atoms with E-state index in [1.807, 2.05) is 6.07 Å². The summed E-state index contributed by atoms with van der Waals surface area (Å²) in [5.74, 6) is 1.16. The van der Waals surface area contributed by atoms with Crippen molar-refractivity contribution in [3.05, 3.63) is 60.3 Å². The number of nitrogens with zero attached hydrogens (tertiary/aromatic N) is 2. The Morgan fingerprint density at radius 1 is 1.00 bits per heavy atom. The molecule has 0 saturated heterocycles. The smallest absolute Gasteiger partial charge is 0.192 e. The van der Waals surface area contributed by atoms with Crippen LogP contribution in [0, 0.1) is 11.3 Å². The van der Waals surface area contributed by atoms with Gasteiger partial charge in [-0.3, -0.25) is 0 Å². The van der Waals surface area contributed by atoms with E-state index in [-0.39, 0.29) is 22.2 Å². The van der Waals surface area contributed by atoms with Crippen LogP contribution in [0.15, 0.2) is 59.8 Å². The van der Waals surface area contributed by atoms with Gasteiger partial charge < -0.3 is 20.9 Å². The van der Waals surface area contributed by atoms with Gasteiger partial charge in [-0.25, -0.2) is 13.4 Å². The van der Waals surface area contributed by atoms with Crippen LogP contribution < -0.4 is 20.9 Å². The molecule has 0 aliphatic heterocycles. The molecule has 8 nitrogen and oxygen atoms in total. The van der Waals surface area contributed by atoms with Crippen LogP contribution in [0.25, 0.3) is 0 Å². The zero-order valence-electron chi connectivity index (χ0n) is 14.8. The zero-order chi connectivity index (χ0) is 20.3. The van der Waals surface area contributed by atoms with Gasteiger partial charge in [-0.2, -0.15) is 5.26 Å². The van der Waals surface area contributed by atoms with Gasteiger partial charge in [0.25, 0.3) is 0 Å². The van der Waals surface area contributed by atoms with Gasteiger partial charge in [0, 0.05) is 18.4 Å². The lowest BCUT2D eigenvalue weighted by molar-refractivity contribution is 0.460. The number of sulfone groups is 1. The summed E-state index contributed by atoms with van der Waals surface area (Å²) in [5.41, 5.74) is 12.7. The van der Waals surface area contributed by atoms with Crippen molar-refractivity contribution in [3.8, 4) is 29.1 Å². The summed E-state index contributed by atoms with van der Waals surface area (Å²) >= 11 is 0. The molecular formula is C19H16N4O4S. The zero-order valence-corrected chi connectivity index (χ0v) is 15.6. The number of nitriles is 1. The van der Waals surface area contributed by atoms with Gasteiger partial charge in [-0.15, -0.1) is 0 Å². The third kappa shape index (κ3) is 4.13. The summed E-state index contributed by atoms with van der Waals surface area (Å²) < 4.78 is 34.4. The highest BCUT2D eigenvalue weighted by molar-refractivity contribution is 7.90. The molecule has 0 atom stereocenters. The largest absolute Gasteiger partial charge is 0.456 e. The molecule has 3 rings (SSSR count). The fourth-order valence-electron chi connectivity index (χ4n) is 2.31. The molecule has 2 aromatic carbocycles. The van der Waals surface area contributed by atoms with Crippen LogP contribution in [0.4, 0.5) is 11.4 Å². The molecule has 0 saturated carbocycles. The molecule has 0 radical (unpaired) electrons. The molecule has 9 heteroatoms. The lowest BCUT2D eigenvalue weighted by Gasteiger charge is -2.14. The first-order valence-electron chi connectivity index (χ1n) is 7.98. The Balaban J connectivity index is 1.90. The van der Waals surface area contributed by atoms with Crippen molar-refractivity contribution in [2.24, 2.45) is 0 Å². The fourth-order valence-corrected chi connectivity index (χ4v) is 2.87. The van der Waals surface area contributed by atoms with E-state index < -0.39 is 9.84 Å². The van der Waals surface area contributed by atoms with Crippen LogP contribution in [-0.2, 0) is 9.84 Å². The number of hydrogen-bond donors (Lipinski definition) is 2. The SMILES string of the molecule is CS(=O)(=O)c1ccc(Oc2cc(N)c(N)c(Oc3ccccc3C#N)c2)cn1. The van der Waals surface area contributed by atoms with Crippen molar-refractivity contribution in [2.75, 3.05) is 17.7 Å². The van der Waals surface area contributed by atoms with Crippen LogP contribution in [0.1, 0.15) is 5.56 Å². The Kier molecular flexibility index (Phi) is 5.06. The molecule has 0 fully saturated rings. The molecule has 4 N–H and O–H groups in total. The minimum Gasteiger partial charge on any atom is -0.456 e. The first kappa shape index (κ1) is 19.0. The van der Waals surface area contributed by atoms with E-state index in [2.05, 4.69) is 4.98 Å². The number of para-hydroxylation sites is 1. The standard InChI is InChI=1S/C19H16N4O4S/c1-28(24,25)18-7-6-13(11-23-18)26-14-8-15(21)19(22)17(9-14)27-16-5-3-2-4-12(16)10-20/h2-9,11H,21-22H2,1H3. The van der Waals surface area contributed by atoms with Crippen LogP contribution >= 0.6 is 0 Å². The molecule has 0 unspecified atom stereocenters. The third-order valence-electron chi connectivity index (χ3n) is 3.70. The monoisotopic (exact) mass is 396 g/mol. The number of ether oxygens (including phenoxy) is 2. The van der Waals surface area contributed by atoms with Gasteiger partial charge in [0.2, 0.25) is 0 Å². The van der Waals surface area contributed by atoms with Gasteiger partial charge >= 0.3 is 0 Å². The second-order valence-corrected chi connectivity index (χ2v) is 7.80. The highest BCUT2D eigenvalue weighted by Crippen LogP contribution is 2.38. The van der Waals surface area contributed by atoms with Crippen LogP contribution in [-0.4, -0.2) is 19.7 Å². The maximum atomic E-state index is 11.5. The average molecular weight is 396 g/mol. The van der Waals surface area contributed by atoms with E-state index in [0.29, 0.717) is 22.8 Å². The molecule has 3 aromatic rings. The summed E-state index contributed by atoms with van der Waals surface area (Å²) in [5, 5.41) is 9.13. The van der Waals surface area contributed by atoms with E-state index in [4.69, 9.17) is 20.9 Å². The molecule has 28 heavy (non-hydrogen) atoms. The molecule has 0 aliphatic carbocycles. The van der Waals surface area contributed by atoms with E-state index in [0.717, 1.165) is 6.26 Å². The van der Waals surface area contributed by atoms with Gasteiger partial charge in [0.05, 0.1) is 23.1 Å². The molecule has 0 bridgehead atoms. The Morgan fingerprint density at radius 3 is 2.39 bits per heavy atom.